The van der Waals surface area contributed by atoms with Crippen molar-refractivity contribution >= 4 is 5.91 Å². The van der Waals surface area contributed by atoms with Crippen LogP contribution in [-0.2, 0) is 0 Å². The predicted molar refractivity (Wildman–Crippen MR) is 79.3 cm³/mol. The lowest BCUT2D eigenvalue weighted by Gasteiger charge is -2.26. The highest BCUT2D eigenvalue weighted by molar-refractivity contribution is 5.98. The molecule has 0 saturated heterocycles. The third-order valence-electron chi connectivity index (χ3n) is 3.14. The molecule has 1 amide bonds. The zero-order valence-corrected chi connectivity index (χ0v) is 13.1. The van der Waals surface area contributed by atoms with E-state index in [1.807, 2.05) is 13.8 Å². The van der Waals surface area contributed by atoms with Gasteiger partial charge in [0.15, 0.2) is 11.5 Å². The molecular weight excluding hydrogens is 274 g/mol. The zero-order valence-electron chi connectivity index (χ0n) is 13.1. The van der Waals surface area contributed by atoms with E-state index in [4.69, 9.17) is 19.3 Å². The molecule has 0 fully saturated rings. The van der Waals surface area contributed by atoms with Gasteiger partial charge in [0.25, 0.3) is 5.91 Å². The second kappa shape index (κ2) is 7.17. The minimum Gasteiger partial charge on any atom is -0.493 e. The Hall–Kier alpha value is -1.95. The van der Waals surface area contributed by atoms with E-state index in [1.165, 1.54) is 21.3 Å². The minimum atomic E-state index is -0.524. The first kappa shape index (κ1) is 17.1. The standard InChI is InChI=1S/C15H23NO5/c1-15(2,8-9-17)16-14(18)10-6-7-11(19-3)13(21-5)12(10)20-4/h6-7,17H,8-9H2,1-5H3,(H,16,18). The van der Waals surface area contributed by atoms with Crippen LogP contribution >= 0.6 is 0 Å². The third-order valence-corrected chi connectivity index (χ3v) is 3.14. The molecule has 0 aromatic heterocycles. The average Bonchev–Trinajstić information content (AvgIpc) is 2.44. The first-order valence-electron chi connectivity index (χ1n) is 6.62. The van der Waals surface area contributed by atoms with Gasteiger partial charge in [0.1, 0.15) is 0 Å². The first-order valence-corrected chi connectivity index (χ1v) is 6.62. The number of amides is 1. The Morgan fingerprint density at radius 3 is 2.24 bits per heavy atom. The minimum absolute atomic E-state index is 0.00362. The van der Waals surface area contributed by atoms with Gasteiger partial charge < -0.3 is 24.6 Å². The SMILES string of the molecule is COc1ccc(C(=O)NC(C)(C)CCO)c(OC)c1OC. The van der Waals surface area contributed by atoms with Gasteiger partial charge in [0, 0.05) is 12.1 Å². The number of aliphatic hydroxyl groups is 1. The van der Waals surface area contributed by atoms with Crippen LogP contribution in [-0.4, -0.2) is 44.5 Å². The molecule has 0 aliphatic carbocycles. The van der Waals surface area contributed by atoms with E-state index in [-0.39, 0.29) is 12.5 Å². The van der Waals surface area contributed by atoms with E-state index in [0.717, 1.165) is 0 Å². The number of aliphatic hydroxyl groups excluding tert-OH is 1. The van der Waals surface area contributed by atoms with Crippen molar-refractivity contribution in [3.8, 4) is 17.2 Å². The van der Waals surface area contributed by atoms with Gasteiger partial charge in [0.05, 0.1) is 26.9 Å². The number of nitrogens with one attached hydrogen (secondary N) is 1. The fourth-order valence-electron chi connectivity index (χ4n) is 2.00. The van der Waals surface area contributed by atoms with Gasteiger partial charge in [-0.2, -0.15) is 0 Å². The fourth-order valence-corrected chi connectivity index (χ4v) is 2.00. The van der Waals surface area contributed by atoms with Crippen molar-refractivity contribution in [3.05, 3.63) is 17.7 Å². The number of methoxy groups -OCH3 is 3. The highest BCUT2D eigenvalue weighted by atomic mass is 16.5. The summed E-state index contributed by atoms with van der Waals surface area (Å²) in [6.07, 6.45) is 0.453. The molecule has 1 aromatic carbocycles. The van der Waals surface area contributed by atoms with Crippen molar-refractivity contribution in [1.82, 2.24) is 5.32 Å². The molecular formula is C15H23NO5. The van der Waals surface area contributed by atoms with Gasteiger partial charge in [-0.25, -0.2) is 0 Å². The van der Waals surface area contributed by atoms with Gasteiger partial charge >= 0.3 is 0 Å². The molecule has 0 heterocycles. The van der Waals surface area contributed by atoms with Crippen molar-refractivity contribution in [3.63, 3.8) is 0 Å². The average molecular weight is 297 g/mol. The maximum absolute atomic E-state index is 12.4. The van der Waals surface area contributed by atoms with E-state index in [0.29, 0.717) is 29.2 Å². The van der Waals surface area contributed by atoms with Crippen LogP contribution in [0.2, 0.25) is 0 Å². The number of rotatable bonds is 7. The van der Waals surface area contributed by atoms with Crippen molar-refractivity contribution < 1.29 is 24.1 Å². The summed E-state index contributed by atoms with van der Waals surface area (Å²) < 4.78 is 15.7. The lowest BCUT2D eigenvalue weighted by atomic mass is 10.0. The van der Waals surface area contributed by atoms with Crippen LogP contribution in [0.15, 0.2) is 12.1 Å². The van der Waals surface area contributed by atoms with Gasteiger partial charge in [0.2, 0.25) is 5.75 Å². The Bertz CT molecular complexity index is 499. The molecule has 6 nitrogen and oxygen atoms in total. The molecule has 1 rings (SSSR count). The van der Waals surface area contributed by atoms with E-state index < -0.39 is 5.54 Å². The van der Waals surface area contributed by atoms with E-state index in [2.05, 4.69) is 5.32 Å². The zero-order chi connectivity index (χ0) is 16.0. The molecule has 21 heavy (non-hydrogen) atoms. The number of benzene rings is 1. The van der Waals surface area contributed by atoms with Crippen LogP contribution in [0.1, 0.15) is 30.6 Å². The Morgan fingerprint density at radius 1 is 1.14 bits per heavy atom. The van der Waals surface area contributed by atoms with Crippen molar-refractivity contribution in [2.75, 3.05) is 27.9 Å². The van der Waals surface area contributed by atoms with Crippen LogP contribution in [0.5, 0.6) is 17.2 Å². The molecule has 0 atom stereocenters. The summed E-state index contributed by atoms with van der Waals surface area (Å²) in [5, 5.41) is 11.9. The predicted octanol–water partition coefficient (Wildman–Crippen LogP) is 1.60. The van der Waals surface area contributed by atoms with Gasteiger partial charge in [-0.1, -0.05) is 0 Å². The van der Waals surface area contributed by atoms with Crippen LogP contribution in [0.25, 0.3) is 0 Å². The summed E-state index contributed by atoms with van der Waals surface area (Å²) in [6, 6.07) is 3.26. The van der Waals surface area contributed by atoms with E-state index in [1.54, 1.807) is 12.1 Å². The quantitative estimate of drug-likeness (QED) is 0.799. The van der Waals surface area contributed by atoms with Crippen molar-refractivity contribution in [1.29, 1.82) is 0 Å². The molecule has 6 heteroatoms. The molecule has 0 aliphatic rings. The number of carbonyl (C=O) groups excluding carboxylic acids is 1. The Labute approximate surface area is 125 Å². The maximum atomic E-state index is 12.4. The van der Waals surface area contributed by atoms with Crippen molar-refractivity contribution in [2.45, 2.75) is 25.8 Å². The first-order chi connectivity index (χ1) is 9.90. The summed E-state index contributed by atoms with van der Waals surface area (Å²) in [5.41, 5.74) is -0.176. The highest BCUT2D eigenvalue weighted by Gasteiger charge is 2.25. The molecule has 0 bridgehead atoms. The molecule has 0 radical (unpaired) electrons. The van der Waals surface area contributed by atoms with Gasteiger partial charge in [-0.15, -0.1) is 0 Å². The second-order valence-corrected chi connectivity index (χ2v) is 5.19. The van der Waals surface area contributed by atoms with E-state index in [9.17, 15) is 4.79 Å². The lowest BCUT2D eigenvalue weighted by Crippen LogP contribution is -2.44. The van der Waals surface area contributed by atoms with Crippen LogP contribution in [0.3, 0.4) is 0 Å². The van der Waals surface area contributed by atoms with Gasteiger partial charge in [-0.3, -0.25) is 4.79 Å². The molecule has 118 valence electrons. The molecule has 0 spiro atoms. The van der Waals surface area contributed by atoms with Crippen molar-refractivity contribution in [2.24, 2.45) is 0 Å². The number of ether oxygens (including phenoxy) is 3. The number of hydrogen-bond acceptors (Lipinski definition) is 5. The summed E-state index contributed by atoms with van der Waals surface area (Å²) in [6.45, 7) is 3.68. The summed E-state index contributed by atoms with van der Waals surface area (Å²) in [7, 11) is 4.46. The van der Waals surface area contributed by atoms with Crippen LogP contribution < -0.4 is 19.5 Å². The molecule has 0 aliphatic heterocycles. The third kappa shape index (κ3) is 4.01. The number of carbonyl (C=O) groups is 1. The number of hydrogen-bond donors (Lipinski definition) is 2. The second-order valence-electron chi connectivity index (χ2n) is 5.19. The molecule has 1 aromatic rings. The Kier molecular flexibility index (Phi) is 5.84. The van der Waals surface area contributed by atoms with Crippen LogP contribution in [0.4, 0.5) is 0 Å². The normalized spacial score (nSPS) is 11.0. The summed E-state index contributed by atoms with van der Waals surface area (Å²) >= 11 is 0. The monoisotopic (exact) mass is 297 g/mol. The molecule has 0 saturated carbocycles. The fraction of sp³-hybridized carbons (Fsp3) is 0.533. The summed E-state index contributed by atoms with van der Waals surface area (Å²) in [4.78, 5) is 12.4. The maximum Gasteiger partial charge on any atom is 0.255 e. The Morgan fingerprint density at radius 2 is 1.76 bits per heavy atom. The van der Waals surface area contributed by atoms with E-state index >= 15 is 0 Å². The smallest absolute Gasteiger partial charge is 0.255 e. The Balaban J connectivity index is 3.15. The highest BCUT2D eigenvalue weighted by Crippen LogP contribution is 2.39. The lowest BCUT2D eigenvalue weighted by molar-refractivity contribution is 0.0895. The topological polar surface area (TPSA) is 77.0 Å². The van der Waals surface area contributed by atoms with Gasteiger partial charge in [-0.05, 0) is 32.4 Å². The molecule has 0 unspecified atom stereocenters. The van der Waals surface area contributed by atoms with Crippen LogP contribution in [0, 0.1) is 0 Å². The molecule has 2 N–H and O–H groups in total. The summed E-state index contributed by atoms with van der Waals surface area (Å²) in [5.74, 6) is 0.869. The largest absolute Gasteiger partial charge is 0.493 e.